The van der Waals surface area contributed by atoms with Crippen molar-refractivity contribution in [1.29, 1.82) is 0 Å². The van der Waals surface area contributed by atoms with E-state index in [1.807, 2.05) is 6.92 Å². The summed E-state index contributed by atoms with van der Waals surface area (Å²) >= 11 is 0. The lowest BCUT2D eigenvalue weighted by molar-refractivity contribution is -0.149. The number of nitrogens with one attached hydrogen (secondary N) is 1. The molecule has 5 heteroatoms. The molecule has 0 aromatic carbocycles. The van der Waals surface area contributed by atoms with Crippen LogP contribution in [0.3, 0.4) is 0 Å². The van der Waals surface area contributed by atoms with Crippen molar-refractivity contribution in [3.8, 4) is 0 Å². The molecule has 1 fully saturated rings. The van der Waals surface area contributed by atoms with Gasteiger partial charge < -0.3 is 15.0 Å². The number of carbonyl (C=O) groups excluding carboxylic acids is 2. The Morgan fingerprint density at radius 1 is 1.32 bits per heavy atom. The van der Waals surface area contributed by atoms with Crippen molar-refractivity contribution < 1.29 is 14.3 Å². The topological polar surface area (TPSA) is 58.6 Å². The molecular formula is C14H26N2O3. The molecule has 0 bridgehead atoms. The third-order valence-corrected chi connectivity index (χ3v) is 3.56. The number of amides is 1. The average Bonchev–Trinajstić information content (AvgIpc) is 2.39. The highest BCUT2D eigenvalue weighted by Gasteiger charge is 2.27. The first-order valence-corrected chi connectivity index (χ1v) is 7.14. The fraction of sp³-hybridized carbons (Fsp3) is 0.857. The summed E-state index contributed by atoms with van der Waals surface area (Å²) in [6.45, 7) is 2.96. The maximum absolute atomic E-state index is 11.7. The Labute approximate surface area is 115 Å². The van der Waals surface area contributed by atoms with E-state index < -0.39 is 0 Å². The van der Waals surface area contributed by atoms with Gasteiger partial charge in [-0.1, -0.05) is 6.42 Å². The van der Waals surface area contributed by atoms with Gasteiger partial charge in [0.05, 0.1) is 12.5 Å². The molecule has 1 aliphatic carbocycles. The second kappa shape index (κ2) is 8.15. The summed E-state index contributed by atoms with van der Waals surface area (Å²) < 4.78 is 5.08. The second-order valence-electron chi connectivity index (χ2n) is 5.30. The first kappa shape index (κ1) is 16.0. The van der Waals surface area contributed by atoms with E-state index in [0.29, 0.717) is 25.6 Å². The Kier molecular flexibility index (Phi) is 6.84. The molecule has 1 saturated carbocycles. The summed E-state index contributed by atoms with van der Waals surface area (Å²) in [5.41, 5.74) is 0. The molecule has 110 valence electrons. The summed E-state index contributed by atoms with van der Waals surface area (Å²) in [6.07, 6.45) is 4.38. The van der Waals surface area contributed by atoms with E-state index in [-0.39, 0.29) is 17.8 Å². The highest BCUT2D eigenvalue weighted by molar-refractivity contribution is 5.75. The van der Waals surface area contributed by atoms with Crippen LogP contribution in [-0.2, 0) is 14.3 Å². The van der Waals surface area contributed by atoms with Crippen LogP contribution in [-0.4, -0.2) is 50.1 Å². The van der Waals surface area contributed by atoms with Crippen LogP contribution in [0.25, 0.3) is 0 Å². The molecule has 0 aliphatic heterocycles. The van der Waals surface area contributed by atoms with Crippen molar-refractivity contribution in [2.24, 2.45) is 5.92 Å². The Bertz CT molecular complexity index is 305. The van der Waals surface area contributed by atoms with Crippen molar-refractivity contribution in [2.45, 2.75) is 45.1 Å². The lowest BCUT2D eigenvalue weighted by atomic mass is 9.85. The quantitative estimate of drug-likeness (QED) is 0.736. The molecule has 0 saturated heterocycles. The lowest BCUT2D eigenvalue weighted by Gasteiger charge is -2.28. The Morgan fingerprint density at radius 3 is 2.68 bits per heavy atom. The van der Waals surface area contributed by atoms with E-state index in [1.54, 1.807) is 19.0 Å². The smallest absolute Gasteiger partial charge is 0.308 e. The maximum atomic E-state index is 11.7. The fourth-order valence-corrected chi connectivity index (χ4v) is 2.46. The minimum absolute atomic E-state index is 0.0238. The summed E-state index contributed by atoms with van der Waals surface area (Å²) in [6, 6.07) is 0.332. The number of ether oxygens (including phenoxy) is 1. The molecule has 0 aromatic rings. The minimum Gasteiger partial charge on any atom is -0.466 e. The van der Waals surface area contributed by atoms with Crippen LogP contribution in [0.2, 0.25) is 0 Å². The molecule has 5 nitrogen and oxygen atoms in total. The van der Waals surface area contributed by atoms with Crippen molar-refractivity contribution in [2.75, 3.05) is 27.2 Å². The molecule has 0 radical (unpaired) electrons. The van der Waals surface area contributed by atoms with Crippen LogP contribution in [0.4, 0.5) is 0 Å². The lowest BCUT2D eigenvalue weighted by Crippen LogP contribution is -2.38. The van der Waals surface area contributed by atoms with Gasteiger partial charge in [0.15, 0.2) is 0 Å². The number of hydrogen-bond acceptors (Lipinski definition) is 4. The van der Waals surface area contributed by atoms with Gasteiger partial charge in [0.25, 0.3) is 0 Å². The summed E-state index contributed by atoms with van der Waals surface area (Å²) in [5.74, 6) is 0.0828. The first-order valence-electron chi connectivity index (χ1n) is 7.14. The minimum atomic E-state index is -0.0710. The molecule has 0 heterocycles. The molecular weight excluding hydrogens is 244 g/mol. The maximum Gasteiger partial charge on any atom is 0.308 e. The fourth-order valence-electron chi connectivity index (χ4n) is 2.46. The Morgan fingerprint density at radius 2 is 2.05 bits per heavy atom. The zero-order valence-electron chi connectivity index (χ0n) is 12.3. The van der Waals surface area contributed by atoms with E-state index in [1.165, 1.54) is 0 Å². The Balaban J connectivity index is 2.27. The van der Waals surface area contributed by atoms with Crippen LogP contribution in [0.1, 0.15) is 39.0 Å². The predicted octanol–water partition coefficient (Wildman–Crippen LogP) is 1.18. The monoisotopic (exact) mass is 270 g/mol. The standard InChI is InChI=1S/C14H26N2O3/c1-4-19-14(18)11-6-5-7-12(10-11)15-9-8-13(17)16(2)3/h11-12,15H,4-10H2,1-3H3. The zero-order valence-corrected chi connectivity index (χ0v) is 12.3. The third-order valence-electron chi connectivity index (χ3n) is 3.56. The van der Waals surface area contributed by atoms with Crippen LogP contribution in [0.15, 0.2) is 0 Å². The van der Waals surface area contributed by atoms with Gasteiger partial charge in [-0.25, -0.2) is 0 Å². The SMILES string of the molecule is CCOC(=O)C1CCCC(NCCC(=O)N(C)C)C1. The van der Waals surface area contributed by atoms with E-state index in [0.717, 1.165) is 25.7 Å². The van der Waals surface area contributed by atoms with Crippen molar-refractivity contribution in [1.82, 2.24) is 10.2 Å². The van der Waals surface area contributed by atoms with Gasteiger partial charge in [0, 0.05) is 33.1 Å². The second-order valence-corrected chi connectivity index (χ2v) is 5.30. The Hall–Kier alpha value is -1.10. The first-order chi connectivity index (χ1) is 9.04. The van der Waals surface area contributed by atoms with E-state index in [4.69, 9.17) is 4.74 Å². The largest absolute Gasteiger partial charge is 0.466 e. The van der Waals surface area contributed by atoms with Crippen molar-refractivity contribution in [3.05, 3.63) is 0 Å². The molecule has 0 spiro atoms. The third kappa shape index (κ3) is 5.59. The van der Waals surface area contributed by atoms with Crippen LogP contribution >= 0.6 is 0 Å². The number of nitrogens with zero attached hydrogens (tertiary/aromatic N) is 1. The van der Waals surface area contributed by atoms with Gasteiger partial charge in [-0.15, -0.1) is 0 Å². The molecule has 19 heavy (non-hydrogen) atoms. The highest BCUT2D eigenvalue weighted by atomic mass is 16.5. The van der Waals surface area contributed by atoms with Gasteiger partial charge in [0.2, 0.25) is 5.91 Å². The van der Waals surface area contributed by atoms with E-state index in [2.05, 4.69) is 5.32 Å². The van der Waals surface area contributed by atoms with Crippen LogP contribution in [0.5, 0.6) is 0 Å². The van der Waals surface area contributed by atoms with Crippen molar-refractivity contribution in [3.63, 3.8) is 0 Å². The van der Waals surface area contributed by atoms with Gasteiger partial charge in [0.1, 0.15) is 0 Å². The predicted molar refractivity (Wildman–Crippen MR) is 73.7 cm³/mol. The normalized spacial score (nSPS) is 22.9. The van der Waals surface area contributed by atoms with Gasteiger partial charge in [-0.2, -0.15) is 0 Å². The molecule has 1 aliphatic rings. The number of hydrogen-bond donors (Lipinski definition) is 1. The molecule has 1 rings (SSSR count). The van der Waals surface area contributed by atoms with Crippen molar-refractivity contribution >= 4 is 11.9 Å². The molecule has 2 unspecified atom stereocenters. The van der Waals surface area contributed by atoms with Crippen LogP contribution < -0.4 is 5.32 Å². The molecule has 2 atom stereocenters. The van der Waals surface area contributed by atoms with Gasteiger partial charge in [-0.05, 0) is 26.2 Å². The summed E-state index contributed by atoms with van der Waals surface area (Å²) in [5, 5.41) is 3.38. The average molecular weight is 270 g/mol. The summed E-state index contributed by atoms with van der Waals surface area (Å²) in [7, 11) is 3.53. The molecule has 1 amide bonds. The summed E-state index contributed by atoms with van der Waals surface area (Å²) in [4.78, 5) is 24.8. The molecule has 0 aromatic heterocycles. The van der Waals surface area contributed by atoms with Crippen LogP contribution in [0, 0.1) is 5.92 Å². The van der Waals surface area contributed by atoms with E-state index >= 15 is 0 Å². The highest BCUT2D eigenvalue weighted by Crippen LogP contribution is 2.25. The molecule has 1 N–H and O–H groups in total. The number of carbonyl (C=O) groups is 2. The number of rotatable bonds is 6. The van der Waals surface area contributed by atoms with Gasteiger partial charge in [-0.3, -0.25) is 9.59 Å². The van der Waals surface area contributed by atoms with Gasteiger partial charge >= 0.3 is 5.97 Å². The zero-order chi connectivity index (χ0) is 14.3. The van der Waals surface area contributed by atoms with E-state index in [9.17, 15) is 9.59 Å². The number of esters is 1.